The topological polar surface area (TPSA) is 38.8 Å². The third kappa shape index (κ3) is 3.07. The van der Waals surface area contributed by atoms with Gasteiger partial charge in [0.05, 0.1) is 30.4 Å². The van der Waals surface area contributed by atoms with Crippen molar-refractivity contribution in [2.45, 2.75) is 43.8 Å². The third-order valence-electron chi connectivity index (χ3n) is 5.03. The monoisotopic (exact) mass is 321 g/mol. The molecule has 0 bridgehead atoms. The fraction of sp³-hybridized carbons (Fsp3) is 0.706. The first-order valence-electron chi connectivity index (χ1n) is 8.31. The van der Waals surface area contributed by atoms with Crippen molar-refractivity contribution in [2.75, 3.05) is 26.3 Å². The molecule has 4 rings (SSSR count). The van der Waals surface area contributed by atoms with Crippen molar-refractivity contribution in [3.05, 3.63) is 22.4 Å². The van der Waals surface area contributed by atoms with Crippen LogP contribution in [-0.2, 0) is 9.47 Å². The number of rotatable bonds is 4. The van der Waals surface area contributed by atoms with Gasteiger partial charge in [-0.3, -0.25) is 4.79 Å². The molecular formula is C17H23NO3S. The minimum absolute atomic E-state index is 0.145. The number of nitrogens with zero attached hydrogens (tertiary/aromatic N) is 1. The van der Waals surface area contributed by atoms with E-state index in [1.165, 1.54) is 12.8 Å². The molecule has 0 unspecified atom stereocenters. The highest BCUT2D eigenvalue weighted by atomic mass is 32.1. The first-order valence-corrected chi connectivity index (χ1v) is 9.25. The molecule has 3 aliphatic rings. The first kappa shape index (κ1) is 14.7. The van der Waals surface area contributed by atoms with Crippen molar-refractivity contribution in [3.63, 3.8) is 0 Å². The highest BCUT2D eigenvalue weighted by Gasteiger charge is 2.45. The van der Waals surface area contributed by atoms with Gasteiger partial charge in [0.1, 0.15) is 0 Å². The zero-order valence-electron chi connectivity index (χ0n) is 12.8. The lowest BCUT2D eigenvalue weighted by molar-refractivity contribution is -0.0464. The summed E-state index contributed by atoms with van der Waals surface area (Å²) in [6.07, 6.45) is 5.86. The van der Waals surface area contributed by atoms with E-state index in [4.69, 9.17) is 9.47 Å². The molecule has 2 atom stereocenters. The standard InChI is InChI=1S/C17H23NO3S/c19-16(14-4-7-22-11-14)18-6-1-5-17(12-18)8-15(10-21-17)20-9-13-2-3-13/h4,7,11,13,15H,1-3,5-6,8-10,12H2/t15-,17+/m0/s1. The number of thiophene rings is 1. The van der Waals surface area contributed by atoms with E-state index in [1.54, 1.807) is 11.3 Å². The number of hydrogen-bond acceptors (Lipinski definition) is 4. The summed E-state index contributed by atoms with van der Waals surface area (Å²) in [4.78, 5) is 14.5. The molecule has 5 heteroatoms. The van der Waals surface area contributed by atoms with Crippen LogP contribution < -0.4 is 0 Å². The van der Waals surface area contributed by atoms with E-state index in [0.29, 0.717) is 13.2 Å². The zero-order chi connectivity index (χ0) is 15.0. The van der Waals surface area contributed by atoms with Crippen LogP contribution >= 0.6 is 11.3 Å². The molecule has 120 valence electrons. The predicted molar refractivity (Wildman–Crippen MR) is 85.2 cm³/mol. The van der Waals surface area contributed by atoms with Gasteiger partial charge in [0, 0.05) is 25.0 Å². The van der Waals surface area contributed by atoms with Crippen LogP contribution in [0.2, 0.25) is 0 Å². The lowest BCUT2D eigenvalue weighted by atomic mass is 9.89. The Morgan fingerprint density at radius 3 is 3.18 bits per heavy atom. The SMILES string of the molecule is O=C(c1ccsc1)N1CCC[C@@]2(C[C@H](OCC3CC3)CO2)C1. The van der Waals surface area contributed by atoms with Crippen molar-refractivity contribution >= 4 is 17.2 Å². The molecular weight excluding hydrogens is 298 g/mol. The minimum Gasteiger partial charge on any atom is -0.375 e. The molecule has 4 nitrogen and oxygen atoms in total. The maximum Gasteiger partial charge on any atom is 0.254 e. The second-order valence-electron chi connectivity index (χ2n) is 6.94. The van der Waals surface area contributed by atoms with Gasteiger partial charge >= 0.3 is 0 Å². The van der Waals surface area contributed by atoms with Crippen LogP contribution in [0.3, 0.4) is 0 Å². The fourth-order valence-electron chi connectivity index (χ4n) is 3.59. The van der Waals surface area contributed by atoms with Gasteiger partial charge in [0.25, 0.3) is 5.91 Å². The van der Waals surface area contributed by atoms with Gasteiger partial charge in [-0.05, 0) is 43.0 Å². The first-order chi connectivity index (χ1) is 10.7. The molecule has 0 N–H and O–H groups in total. The van der Waals surface area contributed by atoms with E-state index >= 15 is 0 Å². The number of hydrogen-bond donors (Lipinski definition) is 0. The largest absolute Gasteiger partial charge is 0.375 e. The number of amides is 1. The van der Waals surface area contributed by atoms with Gasteiger partial charge in [-0.1, -0.05) is 0 Å². The minimum atomic E-state index is -0.169. The molecule has 2 saturated heterocycles. The van der Waals surface area contributed by atoms with E-state index in [-0.39, 0.29) is 17.6 Å². The molecule has 1 amide bonds. The molecule has 22 heavy (non-hydrogen) atoms. The van der Waals surface area contributed by atoms with Crippen molar-refractivity contribution < 1.29 is 14.3 Å². The normalized spacial score (nSPS) is 31.8. The Morgan fingerprint density at radius 2 is 2.41 bits per heavy atom. The summed E-state index contributed by atoms with van der Waals surface area (Å²) in [5.41, 5.74) is 0.639. The van der Waals surface area contributed by atoms with Crippen LogP contribution in [0.1, 0.15) is 42.5 Å². The molecule has 2 aliphatic heterocycles. The second-order valence-corrected chi connectivity index (χ2v) is 7.72. The second kappa shape index (κ2) is 5.95. The molecule has 0 aromatic carbocycles. The third-order valence-corrected chi connectivity index (χ3v) is 5.72. The van der Waals surface area contributed by atoms with E-state index in [9.17, 15) is 4.79 Å². The Bertz CT molecular complexity index is 528. The maximum atomic E-state index is 12.6. The Hall–Kier alpha value is -0.910. The Kier molecular flexibility index (Phi) is 3.96. The average Bonchev–Trinajstić information content (AvgIpc) is 3.05. The molecule has 0 radical (unpaired) electrons. The van der Waals surface area contributed by atoms with E-state index in [0.717, 1.165) is 43.9 Å². The zero-order valence-corrected chi connectivity index (χ0v) is 13.6. The van der Waals surface area contributed by atoms with Gasteiger partial charge < -0.3 is 14.4 Å². The number of carbonyl (C=O) groups excluding carboxylic acids is 1. The molecule has 1 aromatic heterocycles. The molecule has 1 spiro atoms. The predicted octanol–water partition coefficient (Wildman–Crippen LogP) is 2.94. The van der Waals surface area contributed by atoms with E-state index < -0.39 is 0 Å². The summed E-state index contributed by atoms with van der Waals surface area (Å²) < 4.78 is 12.1. The van der Waals surface area contributed by atoms with Crippen molar-refractivity contribution in [1.82, 2.24) is 4.90 Å². The Labute approximate surface area is 135 Å². The quantitative estimate of drug-likeness (QED) is 0.856. The van der Waals surface area contributed by atoms with Crippen molar-refractivity contribution in [1.29, 1.82) is 0 Å². The van der Waals surface area contributed by atoms with Crippen LogP contribution in [0.4, 0.5) is 0 Å². The van der Waals surface area contributed by atoms with E-state index in [2.05, 4.69) is 0 Å². The fourth-order valence-corrected chi connectivity index (χ4v) is 4.22. The molecule has 3 heterocycles. The Balaban J connectivity index is 1.37. The average molecular weight is 321 g/mol. The van der Waals surface area contributed by atoms with E-state index in [1.807, 2.05) is 21.7 Å². The van der Waals surface area contributed by atoms with Crippen LogP contribution in [0, 0.1) is 5.92 Å². The van der Waals surface area contributed by atoms with Gasteiger partial charge in [-0.15, -0.1) is 0 Å². The summed E-state index contributed by atoms with van der Waals surface area (Å²) in [6, 6.07) is 1.91. The maximum absolute atomic E-state index is 12.6. The van der Waals surface area contributed by atoms with Gasteiger partial charge in [0.2, 0.25) is 0 Å². The summed E-state index contributed by atoms with van der Waals surface area (Å²) in [5.74, 6) is 0.936. The number of carbonyl (C=O) groups is 1. The van der Waals surface area contributed by atoms with Crippen LogP contribution in [0.15, 0.2) is 16.8 Å². The number of likely N-dealkylation sites (tertiary alicyclic amines) is 1. The van der Waals surface area contributed by atoms with Crippen molar-refractivity contribution in [3.8, 4) is 0 Å². The molecule has 1 aromatic rings. The summed E-state index contributed by atoms with van der Waals surface area (Å²) in [6.45, 7) is 3.13. The van der Waals surface area contributed by atoms with Crippen molar-refractivity contribution in [2.24, 2.45) is 5.92 Å². The number of ether oxygens (including phenoxy) is 2. The Morgan fingerprint density at radius 1 is 1.50 bits per heavy atom. The lowest BCUT2D eigenvalue weighted by Crippen LogP contribution is -2.50. The highest BCUT2D eigenvalue weighted by molar-refractivity contribution is 7.08. The summed E-state index contributed by atoms with van der Waals surface area (Å²) in [7, 11) is 0. The summed E-state index contributed by atoms with van der Waals surface area (Å²) in [5, 5.41) is 3.89. The highest BCUT2D eigenvalue weighted by Crippen LogP contribution is 2.37. The lowest BCUT2D eigenvalue weighted by Gasteiger charge is -2.39. The smallest absolute Gasteiger partial charge is 0.254 e. The summed E-state index contributed by atoms with van der Waals surface area (Å²) >= 11 is 1.57. The van der Waals surface area contributed by atoms with Crippen LogP contribution in [-0.4, -0.2) is 48.8 Å². The van der Waals surface area contributed by atoms with Crippen LogP contribution in [0.25, 0.3) is 0 Å². The molecule has 1 aliphatic carbocycles. The number of piperidine rings is 1. The van der Waals surface area contributed by atoms with Crippen LogP contribution in [0.5, 0.6) is 0 Å². The van der Waals surface area contributed by atoms with Gasteiger partial charge in [-0.25, -0.2) is 0 Å². The van der Waals surface area contributed by atoms with Gasteiger partial charge in [0.15, 0.2) is 0 Å². The molecule has 3 fully saturated rings. The van der Waals surface area contributed by atoms with Gasteiger partial charge in [-0.2, -0.15) is 11.3 Å². The molecule has 1 saturated carbocycles.